The normalized spacial score (nSPS) is 17.9. The number of piperidine rings is 1. The number of carbonyl (C=O) groups excluding carboxylic acids is 2. The van der Waals surface area contributed by atoms with Gasteiger partial charge in [-0.3, -0.25) is 19.1 Å². The number of benzene rings is 1. The first-order chi connectivity index (χ1) is 14.6. The van der Waals surface area contributed by atoms with Gasteiger partial charge in [-0.05, 0) is 31.4 Å². The summed E-state index contributed by atoms with van der Waals surface area (Å²) in [5.41, 5.74) is 2.39. The Balaban J connectivity index is 1.22. The SMILES string of the molecule is O=C(Cc1csc(N2CCCC2=O)n1)N1CCC(n2c(=O)[nH]c3ccccc32)CC1. The number of amides is 2. The zero-order chi connectivity index (χ0) is 20.7. The minimum absolute atomic E-state index is 0.0457. The van der Waals surface area contributed by atoms with Crippen LogP contribution in [0.3, 0.4) is 0 Å². The molecular weight excluding hydrogens is 402 g/mol. The average Bonchev–Trinajstić information content (AvgIpc) is 3.46. The lowest BCUT2D eigenvalue weighted by atomic mass is 10.0. The molecule has 2 amide bonds. The van der Waals surface area contributed by atoms with Gasteiger partial charge in [0.15, 0.2) is 5.13 Å². The van der Waals surface area contributed by atoms with E-state index in [1.165, 1.54) is 11.3 Å². The Morgan fingerprint density at radius 3 is 2.73 bits per heavy atom. The third kappa shape index (κ3) is 3.43. The van der Waals surface area contributed by atoms with Gasteiger partial charge in [-0.15, -0.1) is 11.3 Å². The minimum Gasteiger partial charge on any atom is -0.342 e. The van der Waals surface area contributed by atoms with Crippen molar-refractivity contribution in [3.63, 3.8) is 0 Å². The molecule has 30 heavy (non-hydrogen) atoms. The van der Waals surface area contributed by atoms with E-state index in [0.29, 0.717) is 31.2 Å². The maximum absolute atomic E-state index is 12.8. The molecule has 0 spiro atoms. The second kappa shape index (κ2) is 7.71. The molecule has 4 heterocycles. The number of H-pyrrole nitrogens is 1. The quantitative estimate of drug-likeness (QED) is 0.695. The molecule has 2 saturated heterocycles. The van der Waals surface area contributed by atoms with Crippen molar-refractivity contribution >= 4 is 39.3 Å². The number of hydrogen-bond donors (Lipinski definition) is 1. The van der Waals surface area contributed by atoms with Crippen molar-refractivity contribution in [1.82, 2.24) is 19.4 Å². The number of imidazole rings is 1. The molecule has 0 unspecified atom stereocenters. The van der Waals surface area contributed by atoms with Gasteiger partial charge < -0.3 is 9.88 Å². The highest BCUT2D eigenvalue weighted by Gasteiger charge is 2.28. The lowest BCUT2D eigenvalue weighted by molar-refractivity contribution is -0.131. The molecule has 156 valence electrons. The molecule has 2 aromatic heterocycles. The predicted molar refractivity (Wildman–Crippen MR) is 115 cm³/mol. The highest BCUT2D eigenvalue weighted by molar-refractivity contribution is 7.14. The standard InChI is InChI=1S/C21H23N5O3S/c27-18-6-3-9-25(18)21-22-14(13-30-21)12-19(28)24-10-7-15(8-11-24)26-17-5-2-1-4-16(17)23-20(26)29/h1-2,4-5,13,15H,3,6-12H2,(H,23,29). The topological polar surface area (TPSA) is 91.3 Å². The highest BCUT2D eigenvalue weighted by Crippen LogP contribution is 2.27. The zero-order valence-corrected chi connectivity index (χ0v) is 17.4. The summed E-state index contributed by atoms with van der Waals surface area (Å²) in [7, 11) is 0. The molecule has 8 nitrogen and oxygen atoms in total. The Labute approximate surface area is 177 Å². The number of thiazole rings is 1. The number of nitrogens with zero attached hydrogens (tertiary/aromatic N) is 4. The van der Waals surface area contributed by atoms with Crippen LogP contribution in [-0.2, 0) is 16.0 Å². The number of para-hydroxylation sites is 2. The average molecular weight is 426 g/mol. The van der Waals surface area contributed by atoms with Crippen LogP contribution >= 0.6 is 11.3 Å². The van der Waals surface area contributed by atoms with E-state index in [0.717, 1.165) is 36.0 Å². The summed E-state index contributed by atoms with van der Waals surface area (Å²) >= 11 is 1.42. The molecule has 0 aliphatic carbocycles. The van der Waals surface area contributed by atoms with Gasteiger partial charge in [0.1, 0.15) is 0 Å². The van der Waals surface area contributed by atoms with Crippen molar-refractivity contribution < 1.29 is 9.59 Å². The Morgan fingerprint density at radius 2 is 1.97 bits per heavy atom. The van der Waals surface area contributed by atoms with E-state index in [9.17, 15) is 14.4 Å². The molecule has 2 aliphatic rings. The van der Waals surface area contributed by atoms with Gasteiger partial charge in [0.05, 0.1) is 23.1 Å². The van der Waals surface area contributed by atoms with Gasteiger partial charge in [-0.2, -0.15) is 0 Å². The Hall–Kier alpha value is -2.94. The molecule has 2 aliphatic heterocycles. The van der Waals surface area contributed by atoms with E-state index in [4.69, 9.17) is 0 Å². The maximum Gasteiger partial charge on any atom is 0.326 e. The van der Waals surface area contributed by atoms with Crippen LogP contribution in [0.4, 0.5) is 5.13 Å². The molecule has 5 rings (SSSR count). The molecule has 0 atom stereocenters. The van der Waals surface area contributed by atoms with Crippen LogP contribution in [0.15, 0.2) is 34.4 Å². The second-order valence-electron chi connectivity index (χ2n) is 7.88. The molecule has 1 aromatic carbocycles. The summed E-state index contributed by atoms with van der Waals surface area (Å²) in [4.78, 5) is 48.1. The van der Waals surface area contributed by atoms with Crippen LogP contribution in [-0.4, -0.2) is 50.9 Å². The van der Waals surface area contributed by atoms with E-state index in [2.05, 4.69) is 9.97 Å². The number of nitrogens with one attached hydrogen (secondary N) is 1. The lowest BCUT2D eigenvalue weighted by Gasteiger charge is -2.32. The molecule has 0 saturated carbocycles. The van der Waals surface area contributed by atoms with Crippen LogP contribution in [0.1, 0.15) is 37.4 Å². The number of anilines is 1. The summed E-state index contributed by atoms with van der Waals surface area (Å²) in [5.74, 6) is 0.154. The van der Waals surface area contributed by atoms with Crippen molar-refractivity contribution in [2.75, 3.05) is 24.5 Å². The molecular formula is C21H23N5O3S. The fraction of sp³-hybridized carbons (Fsp3) is 0.429. The second-order valence-corrected chi connectivity index (χ2v) is 8.71. The van der Waals surface area contributed by atoms with Crippen molar-refractivity contribution in [2.45, 2.75) is 38.1 Å². The first-order valence-electron chi connectivity index (χ1n) is 10.3. The van der Waals surface area contributed by atoms with E-state index < -0.39 is 0 Å². The number of likely N-dealkylation sites (tertiary alicyclic amines) is 1. The summed E-state index contributed by atoms with van der Waals surface area (Å²) in [6.07, 6.45) is 3.18. The highest BCUT2D eigenvalue weighted by atomic mass is 32.1. The van der Waals surface area contributed by atoms with Gasteiger partial charge >= 0.3 is 5.69 Å². The van der Waals surface area contributed by atoms with Crippen molar-refractivity contribution in [3.05, 3.63) is 45.8 Å². The van der Waals surface area contributed by atoms with Crippen molar-refractivity contribution in [1.29, 1.82) is 0 Å². The third-order valence-electron chi connectivity index (χ3n) is 5.98. The predicted octanol–water partition coefficient (Wildman–Crippen LogP) is 2.32. The summed E-state index contributed by atoms with van der Waals surface area (Å²) in [6.45, 7) is 1.95. The number of carbonyl (C=O) groups is 2. The summed E-state index contributed by atoms with van der Waals surface area (Å²) in [5, 5.41) is 2.56. The van der Waals surface area contributed by atoms with Gasteiger partial charge in [-0.25, -0.2) is 9.78 Å². The van der Waals surface area contributed by atoms with Crippen LogP contribution in [0.2, 0.25) is 0 Å². The molecule has 0 bridgehead atoms. The fourth-order valence-electron chi connectivity index (χ4n) is 4.43. The molecule has 1 N–H and O–H groups in total. The van der Waals surface area contributed by atoms with E-state index in [1.54, 1.807) is 4.90 Å². The van der Waals surface area contributed by atoms with Crippen molar-refractivity contribution in [3.8, 4) is 0 Å². The first-order valence-corrected chi connectivity index (χ1v) is 11.2. The van der Waals surface area contributed by atoms with Crippen LogP contribution in [0.5, 0.6) is 0 Å². The van der Waals surface area contributed by atoms with Crippen molar-refractivity contribution in [2.24, 2.45) is 0 Å². The van der Waals surface area contributed by atoms with Gasteiger partial charge in [-0.1, -0.05) is 12.1 Å². The van der Waals surface area contributed by atoms with Gasteiger partial charge in [0, 0.05) is 37.5 Å². The molecule has 2 fully saturated rings. The lowest BCUT2D eigenvalue weighted by Crippen LogP contribution is -2.41. The van der Waals surface area contributed by atoms with E-state index in [1.807, 2.05) is 39.1 Å². The molecule has 9 heteroatoms. The van der Waals surface area contributed by atoms with E-state index in [-0.39, 0.29) is 30.0 Å². The number of aromatic nitrogens is 3. The van der Waals surface area contributed by atoms with Crippen LogP contribution < -0.4 is 10.6 Å². The number of hydrogen-bond acceptors (Lipinski definition) is 5. The fourth-order valence-corrected chi connectivity index (χ4v) is 5.30. The smallest absolute Gasteiger partial charge is 0.326 e. The first kappa shape index (κ1) is 19.0. The largest absolute Gasteiger partial charge is 0.342 e. The molecule has 0 radical (unpaired) electrons. The minimum atomic E-state index is -0.0903. The maximum atomic E-state index is 12.8. The van der Waals surface area contributed by atoms with Crippen LogP contribution in [0.25, 0.3) is 11.0 Å². The zero-order valence-electron chi connectivity index (χ0n) is 16.5. The number of rotatable bonds is 4. The Bertz CT molecular complexity index is 1150. The number of aromatic amines is 1. The Morgan fingerprint density at radius 1 is 1.17 bits per heavy atom. The van der Waals surface area contributed by atoms with Gasteiger partial charge in [0.2, 0.25) is 11.8 Å². The monoisotopic (exact) mass is 425 g/mol. The summed E-state index contributed by atoms with van der Waals surface area (Å²) < 4.78 is 1.83. The summed E-state index contributed by atoms with van der Waals surface area (Å²) in [6, 6.07) is 7.79. The molecule has 3 aromatic rings. The van der Waals surface area contributed by atoms with E-state index >= 15 is 0 Å². The van der Waals surface area contributed by atoms with Gasteiger partial charge in [0.25, 0.3) is 0 Å². The third-order valence-corrected chi connectivity index (χ3v) is 6.90. The number of fused-ring (bicyclic) bond motifs is 1. The van der Waals surface area contributed by atoms with Crippen LogP contribution in [0, 0.1) is 0 Å². The Kier molecular flexibility index (Phi) is 4.90.